The summed E-state index contributed by atoms with van der Waals surface area (Å²) in [6.07, 6.45) is 5.57. The molecule has 112 valence electrons. The lowest BCUT2D eigenvalue weighted by atomic mass is 9.67. The third kappa shape index (κ3) is 3.25. The average molecular weight is 274 g/mol. The Morgan fingerprint density at radius 3 is 2.60 bits per heavy atom. The minimum atomic E-state index is -0.612. The highest BCUT2D eigenvalue weighted by molar-refractivity contribution is 5.30. The van der Waals surface area contributed by atoms with E-state index in [1.807, 2.05) is 0 Å². The quantitative estimate of drug-likeness (QED) is 0.826. The van der Waals surface area contributed by atoms with Crippen molar-refractivity contribution in [3.8, 4) is 0 Å². The maximum absolute atomic E-state index is 11.3. The molecular weight excluding hydrogens is 244 g/mol. The van der Waals surface area contributed by atoms with Gasteiger partial charge in [-0.25, -0.2) is 0 Å². The van der Waals surface area contributed by atoms with E-state index >= 15 is 0 Å². The van der Waals surface area contributed by atoms with Crippen LogP contribution in [-0.4, -0.2) is 5.11 Å². The van der Waals surface area contributed by atoms with Gasteiger partial charge in [-0.2, -0.15) is 0 Å². The van der Waals surface area contributed by atoms with Crippen LogP contribution in [0, 0.1) is 17.8 Å². The zero-order valence-electron chi connectivity index (χ0n) is 13.5. The summed E-state index contributed by atoms with van der Waals surface area (Å²) in [6.45, 7) is 9.00. The summed E-state index contributed by atoms with van der Waals surface area (Å²) in [5.41, 5.74) is 1.90. The molecule has 2 atom stereocenters. The van der Waals surface area contributed by atoms with Crippen LogP contribution in [0.5, 0.6) is 0 Å². The number of rotatable bonds is 4. The highest BCUT2D eigenvalue weighted by Gasteiger charge is 2.41. The minimum absolute atomic E-state index is 0.394. The SMILES string of the molecule is CC(C)Cc1cccc(C2(O)CCCCC2C(C)C)c1. The second-order valence-corrected chi connectivity index (χ2v) is 7.32. The van der Waals surface area contributed by atoms with E-state index in [2.05, 4.69) is 52.0 Å². The fourth-order valence-corrected chi connectivity index (χ4v) is 3.87. The zero-order valence-corrected chi connectivity index (χ0v) is 13.5. The van der Waals surface area contributed by atoms with E-state index in [0.717, 1.165) is 31.2 Å². The predicted octanol–water partition coefficient (Wildman–Crippen LogP) is 4.92. The van der Waals surface area contributed by atoms with Crippen LogP contribution in [0.4, 0.5) is 0 Å². The minimum Gasteiger partial charge on any atom is -0.385 e. The molecule has 1 aliphatic carbocycles. The molecule has 1 aromatic carbocycles. The lowest BCUT2D eigenvalue weighted by Crippen LogP contribution is -2.40. The smallest absolute Gasteiger partial charge is 0.0927 e. The maximum Gasteiger partial charge on any atom is 0.0927 e. The summed E-state index contributed by atoms with van der Waals surface area (Å²) in [7, 11) is 0. The molecule has 0 heterocycles. The van der Waals surface area contributed by atoms with E-state index in [9.17, 15) is 5.11 Å². The molecular formula is C19H30O. The largest absolute Gasteiger partial charge is 0.385 e. The predicted molar refractivity (Wildman–Crippen MR) is 85.7 cm³/mol. The van der Waals surface area contributed by atoms with Crippen molar-refractivity contribution < 1.29 is 5.11 Å². The molecule has 1 N–H and O–H groups in total. The first-order chi connectivity index (χ1) is 9.43. The van der Waals surface area contributed by atoms with Crippen LogP contribution in [0.25, 0.3) is 0 Å². The summed E-state index contributed by atoms with van der Waals surface area (Å²) in [4.78, 5) is 0. The Morgan fingerprint density at radius 2 is 1.95 bits per heavy atom. The van der Waals surface area contributed by atoms with Crippen LogP contribution in [-0.2, 0) is 12.0 Å². The Hall–Kier alpha value is -0.820. The third-order valence-corrected chi connectivity index (χ3v) is 4.81. The van der Waals surface area contributed by atoms with Gasteiger partial charge >= 0.3 is 0 Å². The van der Waals surface area contributed by atoms with Gasteiger partial charge in [0.25, 0.3) is 0 Å². The monoisotopic (exact) mass is 274 g/mol. The second-order valence-electron chi connectivity index (χ2n) is 7.32. The maximum atomic E-state index is 11.3. The summed E-state index contributed by atoms with van der Waals surface area (Å²) < 4.78 is 0. The van der Waals surface area contributed by atoms with Crippen molar-refractivity contribution in [3.05, 3.63) is 35.4 Å². The van der Waals surface area contributed by atoms with E-state index in [0.29, 0.717) is 17.8 Å². The van der Waals surface area contributed by atoms with Gasteiger partial charge in [-0.3, -0.25) is 0 Å². The van der Waals surface area contributed by atoms with Crippen LogP contribution in [0.2, 0.25) is 0 Å². The van der Waals surface area contributed by atoms with Crippen LogP contribution < -0.4 is 0 Å². The fourth-order valence-electron chi connectivity index (χ4n) is 3.87. The van der Waals surface area contributed by atoms with Crippen molar-refractivity contribution in [1.29, 1.82) is 0 Å². The highest BCUT2D eigenvalue weighted by Crippen LogP contribution is 2.45. The van der Waals surface area contributed by atoms with Gasteiger partial charge in [0.05, 0.1) is 5.60 Å². The molecule has 20 heavy (non-hydrogen) atoms. The van der Waals surface area contributed by atoms with E-state index in [4.69, 9.17) is 0 Å². The normalized spacial score (nSPS) is 27.2. The first-order valence-corrected chi connectivity index (χ1v) is 8.25. The molecule has 0 bridgehead atoms. The van der Waals surface area contributed by atoms with E-state index < -0.39 is 5.60 Å². The molecule has 0 amide bonds. The lowest BCUT2D eigenvalue weighted by Gasteiger charge is -2.43. The molecule has 1 aromatic rings. The molecule has 0 aromatic heterocycles. The van der Waals surface area contributed by atoms with Crippen molar-refractivity contribution >= 4 is 0 Å². The van der Waals surface area contributed by atoms with Gasteiger partial charge in [0, 0.05) is 0 Å². The molecule has 1 fully saturated rings. The Bertz CT molecular complexity index is 435. The number of hydrogen-bond donors (Lipinski definition) is 1. The van der Waals surface area contributed by atoms with Crippen molar-refractivity contribution in [2.24, 2.45) is 17.8 Å². The Kier molecular flexibility index (Phi) is 4.90. The van der Waals surface area contributed by atoms with Gasteiger partial charge in [0.15, 0.2) is 0 Å². The standard InChI is InChI=1S/C19H30O/c1-14(2)12-16-8-7-9-17(13-16)19(20)11-6-5-10-18(19)15(3)4/h7-9,13-15,18,20H,5-6,10-12H2,1-4H3. The highest BCUT2D eigenvalue weighted by atomic mass is 16.3. The van der Waals surface area contributed by atoms with Crippen molar-refractivity contribution in [2.45, 2.75) is 65.4 Å². The zero-order chi connectivity index (χ0) is 14.8. The molecule has 2 unspecified atom stereocenters. The average Bonchev–Trinajstić information content (AvgIpc) is 2.38. The molecule has 1 heteroatoms. The van der Waals surface area contributed by atoms with Gasteiger partial charge in [0.1, 0.15) is 0 Å². The van der Waals surface area contributed by atoms with E-state index in [1.165, 1.54) is 12.0 Å². The fraction of sp³-hybridized carbons (Fsp3) is 0.684. The Labute approximate surface area is 124 Å². The van der Waals surface area contributed by atoms with Gasteiger partial charge in [-0.05, 0) is 48.1 Å². The number of hydrogen-bond acceptors (Lipinski definition) is 1. The van der Waals surface area contributed by atoms with Crippen molar-refractivity contribution in [2.75, 3.05) is 0 Å². The van der Waals surface area contributed by atoms with Crippen molar-refractivity contribution in [1.82, 2.24) is 0 Å². The van der Waals surface area contributed by atoms with Gasteiger partial charge < -0.3 is 5.11 Å². The topological polar surface area (TPSA) is 20.2 Å². The van der Waals surface area contributed by atoms with Crippen LogP contribution in [0.1, 0.15) is 64.5 Å². The molecule has 0 radical (unpaired) electrons. The van der Waals surface area contributed by atoms with E-state index in [1.54, 1.807) is 0 Å². The van der Waals surface area contributed by atoms with Crippen LogP contribution in [0.3, 0.4) is 0 Å². The summed E-state index contributed by atoms with van der Waals surface area (Å²) in [5.74, 6) is 1.59. The number of aliphatic hydroxyl groups is 1. The number of benzene rings is 1. The van der Waals surface area contributed by atoms with Gasteiger partial charge in [-0.15, -0.1) is 0 Å². The third-order valence-electron chi connectivity index (χ3n) is 4.81. The summed E-state index contributed by atoms with van der Waals surface area (Å²) in [6, 6.07) is 8.70. The summed E-state index contributed by atoms with van der Waals surface area (Å²) >= 11 is 0. The van der Waals surface area contributed by atoms with Gasteiger partial charge in [-0.1, -0.05) is 64.8 Å². The first kappa shape index (κ1) is 15.6. The Balaban J connectivity index is 2.31. The first-order valence-electron chi connectivity index (χ1n) is 8.25. The van der Waals surface area contributed by atoms with Crippen LogP contribution >= 0.6 is 0 Å². The molecule has 0 saturated heterocycles. The summed E-state index contributed by atoms with van der Waals surface area (Å²) in [5, 5.41) is 11.3. The molecule has 1 nitrogen and oxygen atoms in total. The molecule has 0 spiro atoms. The van der Waals surface area contributed by atoms with Crippen molar-refractivity contribution in [3.63, 3.8) is 0 Å². The molecule has 1 saturated carbocycles. The van der Waals surface area contributed by atoms with E-state index in [-0.39, 0.29) is 0 Å². The second kappa shape index (κ2) is 6.30. The Morgan fingerprint density at radius 1 is 1.20 bits per heavy atom. The molecule has 0 aliphatic heterocycles. The van der Waals surface area contributed by atoms with Gasteiger partial charge in [0.2, 0.25) is 0 Å². The lowest BCUT2D eigenvalue weighted by molar-refractivity contribution is -0.0722. The van der Waals surface area contributed by atoms with Crippen LogP contribution in [0.15, 0.2) is 24.3 Å². The molecule has 2 rings (SSSR count). The molecule has 1 aliphatic rings.